The van der Waals surface area contributed by atoms with Gasteiger partial charge in [0.15, 0.2) is 0 Å². The number of hydrogen-bond acceptors (Lipinski definition) is 3. The largest absolute Gasteiger partial charge is 0.396 e. The first-order valence-corrected chi connectivity index (χ1v) is 13.6. The zero-order valence-corrected chi connectivity index (χ0v) is 23.3. The fraction of sp³-hybridized carbons (Fsp3) is 0.774. The van der Waals surface area contributed by atoms with E-state index in [-0.39, 0.29) is 17.9 Å². The van der Waals surface area contributed by atoms with Crippen LogP contribution in [-0.4, -0.2) is 28.7 Å². The van der Waals surface area contributed by atoms with E-state index in [0.29, 0.717) is 30.1 Å². The molecule has 2 aliphatic carbocycles. The molecule has 3 heteroatoms. The van der Waals surface area contributed by atoms with E-state index < -0.39 is 5.60 Å². The molecule has 2 N–H and O–H groups in total. The molecule has 0 aromatic carbocycles. The third-order valence-electron chi connectivity index (χ3n) is 10.1. The Balaban J connectivity index is 2.14. The van der Waals surface area contributed by atoms with Crippen molar-refractivity contribution in [1.82, 2.24) is 0 Å². The van der Waals surface area contributed by atoms with Crippen LogP contribution in [0.4, 0.5) is 0 Å². The van der Waals surface area contributed by atoms with Crippen molar-refractivity contribution >= 4 is 6.29 Å². The summed E-state index contributed by atoms with van der Waals surface area (Å²) in [6.07, 6.45) is 14.1. The molecule has 0 heterocycles. The number of carbonyl (C=O) groups excluding carboxylic acids is 1. The molecule has 1 saturated carbocycles. The van der Waals surface area contributed by atoms with Crippen molar-refractivity contribution in [3.63, 3.8) is 0 Å². The van der Waals surface area contributed by atoms with Crippen LogP contribution < -0.4 is 0 Å². The predicted octanol–water partition coefficient (Wildman–Crippen LogP) is 7.58. The van der Waals surface area contributed by atoms with Crippen LogP contribution >= 0.6 is 0 Å². The van der Waals surface area contributed by atoms with Crippen molar-refractivity contribution in [2.45, 2.75) is 119 Å². The number of aliphatic hydroxyl groups is 2. The van der Waals surface area contributed by atoms with Crippen LogP contribution in [0.5, 0.6) is 0 Å². The summed E-state index contributed by atoms with van der Waals surface area (Å²) in [5.74, 6) is 1.48. The molecular formula is C31H52O3. The average molecular weight is 473 g/mol. The Hall–Kier alpha value is -1.19. The van der Waals surface area contributed by atoms with Gasteiger partial charge < -0.3 is 10.2 Å². The average Bonchev–Trinajstić information content (AvgIpc) is 2.77. The second-order valence-corrected chi connectivity index (χ2v) is 12.5. The lowest BCUT2D eigenvalue weighted by Crippen LogP contribution is -2.52. The highest BCUT2D eigenvalue weighted by atomic mass is 16.3. The third-order valence-corrected chi connectivity index (χ3v) is 10.1. The zero-order chi connectivity index (χ0) is 25.7. The topological polar surface area (TPSA) is 57.5 Å². The number of rotatable bonds is 10. The van der Waals surface area contributed by atoms with Gasteiger partial charge in [0.2, 0.25) is 0 Å². The lowest BCUT2D eigenvalue weighted by atomic mass is 9.54. The molecule has 2 rings (SSSR count). The summed E-state index contributed by atoms with van der Waals surface area (Å²) in [6.45, 7) is 18.0. The Morgan fingerprint density at radius 2 is 1.82 bits per heavy atom. The van der Waals surface area contributed by atoms with Crippen LogP contribution in [0.15, 0.2) is 34.4 Å². The lowest BCUT2D eigenvalue weighted by Gasteiger charge is -2.53. The predicted molar refractivity (Wildman–Crippen MR) is 144 cm³/mol. The molecule has 34 heavy (non-hydrogen) atoms. The summed E-state index contributed by atoms with van der Waals surface area (Å²) < 4.78 is 0. The smallest absolute Gasteiger partial charge is 0.145 e. The molecule has 0 unspecified atom stereocenters. The number of hydrogen-bond donors (Lipinski definition) is 2. The molecule has 0 aliphatic heterocycles. The number of aldehydes is 1. The first-order valence-electron chi connectivity index (χ1n) is 13.6. The van der Waals surface area contributed by atoms with Gasteiger partial charge in [-0.3, -0.25) is 4.79 Å². The van der Waals surface area contributed by atoms with E-state index in [1.165, 1.54) is 24.0 Å². The van der Waals surface area contributed by atoms with E-state index in [9.17, 15) is 15.0 Å². The maximum absolute atomic E-state index is 11.6. The summed E-state index contributed by atoms with van der Waals surface area (Å²) in [5, 5.41) is 21.0. The quantitative estimate of drug-likeness (QED) is 0.196. The first kappa shape index (κ1) is 29.0. The third kappa shape index (κ3) is 6.13. The molecule has 0 aromatic heterocycles. The van der Waals surface area contributed by atoms with Gasteiger partial charge in [-0.05, 0) is 114 Å². The van der Waals surface area contributed by atoms with E-state index in [4.69, 9.17) is 0 Å². The summed E-state index contributed by atoms with van der Waals surface area (Å²) in [5.41, 5.74) is 4.22. The molecule has 2 aliphatic rings. The van der Waals surface area contributed by atoms with Crippen LogP contribution in [0.25, 0.3) is 0 Å². The Kier molecular flexibility index (Phi) is 9.99. The minimum Gasteiger partial charge on any atom is -0.396 e. The Labute approximate surface area is 209 Å². The normalized spacial score (nSPS) is 35.6. The molecule has 0 saturated heterocycles. The molecule has 1 fully saturated rings. The first-order chi connectivity index (χ1) is 15.8. The van der Waals surface area contributed by atoms with E-state index >= 15 is 0 Å². The van der Waals surface area contributed by atoms with Crippen LogP contribution in [0, 0.1) is 28.6 Å². The summed E-state index contributed by atoms with van der Waals surface area (Å²) in [6, 6.07) is 0. The van der Waals surface area contributed by atoms with Gasteiger partial charge in [0.1, 0.15) is 6.29 Å². The minimum absolute atomic E-state index is 0.125. The van der Waals surface area contributed by atoms with Gasteiger partial charge in [-0.1, -0.05) is 56.6 Å². The zero-order valence-electron chi connectivity index (χ0n) is 23.3. The van der Waals surface area contributed by atoms with Crippen molar-refractivity contribution in [3.8, 4) is 0 Å². The van der Waals surface area contributed by atoms with Gasteiger partial charge in [-0.2, -0.15) is 0 Å². The van der Waals surface area contributed by atoms with Gasteiger partial charge in [0.25, 0.3) is 0 Å². The molecule has 0 bridgehead atoms. The molecule has 3 nitrogen and oxygen atoms in total. The molecular weight excluding hydrogens is 420 g/mol. The Bertz CT molecular complexity index is 797. The summed E-state index contributed by atoms with van der Waals surface area (Å²) in [7, 11) is 0. The van der Waals surface area contributed by atoms with Crippen molar-refractivity contribution in [1.29, 1.82) is 0 Å². The van der Waals surface area contributed by atoms with Gasteiger partial charge in [0, 0.05) is 12.0 Å². The second kappa shape index (κ2) is 11.7. The summed E-state index contributed by atoms with van der Waals surface area (Å²) in [4.78, 5) is 11.6. The summed E-state index contributed by atoms with van der Waals surface area (Å²) >= 11 is 0. The van der Waals surface area contributed by atoms with Crippen molar-refractivity contribution < 1.29 is 15.0 Å². The SMILES string of the molecule is CC1=CC[C@H](C)C(C)(C)[C@@H]1CC/C(C)=C/CC[C@]1(C)[C@@H](CCCO)/C(=C(\C)C=O)CC[C@@]1(C)O. The van der Waals surface area contributed by atoms with Crippen molar-refractivity contribution in [3.05, 3.63) is 34.4 Å². The van der Waals surface area contributed by atoms with Crippen LogP contribution in [0.3, 0.4) is 0 Å². The van der Waals surface area contributed by atoms with E-state index in [1.807, 2.05) is 13.8 Å². The van der Waals surface area contributed by atoms with E-state index in [2.05, 4.69) is 53.7 Å². The van der Waals surface area contributed by atoms with Crippen molar-refractivity contribution in [2.24, 2.45) is 28.6 Å². The highest BCUT2D eigenvalue weighted by molar-refractivity contribution is 5.74. The van der Waals surface area contributed by atoms with Crippen LogP contribution in [0.1, 0.15) is 113 Å². The standard InChI is InChI=1S/C31H52O3/c1-22(13-16-27-23(2)14-15-25(4)29(27,5)6)11-9-18-30(7)28(12-10-20-32)26(24(3)21-33)17-19-31(30,8)34/h11,14,21,25,27-28,32,34H,9-10,12-13,15-20H2,1-8H3/b22-11+,26-24+/t25-,27+,28-,30+,31+/m0/s1. The molecule has 0 spiro atoms. The van der Waals surface area contributed by atoms with Gasteiger partial charge >= 0.3 is 0 Å². The molecule has 194 valence electrons. The lowest BCUT2D eigenvalue weighted by molar-refractivity contribution is -0.115. The molecule has 5 atom stereocenters. The molecule has 0 amide bonds. The van der Waals surface area contributed by atoms with E-state index in [1.54, 1.807) is 5.57 Å². The van der Waals surface area contributed by atoms with Crippen molar-refractivity contribution in [2.75, 3.05) is 6.61 Å². The van der Waals surface area contributed by atoms with E-state index in [0.717, 1.165) is 44.0 Å². The highest BCUT2D eigenvalue weighted by Crippen LogP contribution is 2.55. The fourth-order valence-corrected chi connectivity index (χ4v) is 6.81. The van der Waals surface area contributed by atoms with Gasteiger partial charge in [0.05, 0.1) is 5.60 Å². The molecule has 0 radical (unpaired) electrons. The molecule has 0 aromatic rings. The highest BCUT2D eigenvalue weighted by Gasteiger charge is 2.52. The van der Waals surface area contributed by atoms with Gasteiger partial charge in [-0.25, -0.2) is 0 Å². The van der Waals surface area contributed by atoms with Crippen LogP contribution in [0.2, 0.25) is 0 Å². The maximum atomic E-state index is 11.6. The number of carbonyl (C=O) groups is 1. The number of allylic oxidation sites excluding steroid dienone is 6. The second-order valence-electron chi connectivity index (χ2n) is 12.5. The monoisotopic (exact) mass is 472 g/mol. The number of aliphatic hydroxyl groups excluding tert-OH is 1. The van der Waals surface area contributed by atoms with Gasteiger partial charge in [-0.15, -0.1) is 0 Å². The Morgan fingerprint density at radius 1 is 1.15 bits per heavy atom. The van der Waals surface area contributed by atoms with Crippen LogP contribution in [-0.2, 0) is 4.79 Å². The maximum Gasteiger partial charge on any atom is 0.145 e. The minimum atomic E-state index is -0.786. The Morgan fingerprint density at radius 3 is 2.44 bits per heavy atom. The fourth-order valence-electron chi connectivity index (χ4n) is 6.81.